The summed E-state index contributed by atoms with van der Waals surface area (Å²) in [5.74, 6) is 0.417. The van der Waals surface area contributed by atoms with Crippen LogP contribution in [0.15, 0.2) is 89.8 Å². The van der Waals surface area contributed by atoms with Crippen molar-refractivity contribution in [1.82, 2.24) is 9.78 Å². The van der Waals surface area contributed by atoms with E-state index in [9.17, 15) is 8.42 Å². The second-order valence-corrected chi connectivity index (χ2v) is 8.52. The molecule has 1 N–H and O–H groups in total. The fourth-order valence-electron chi connectivity index (χ4n) is 3.23. The zero-order valence-corrected chi connectivity index (χ0v) is 17.0. The highest BCUT2D eigenvalue weighted by molar-refractivity contribution is 7.92. The van der Waals surface area contributed by atoms with Gasteiger partial charge in [-0.05, 0) is 43.7 Å². The van der Waals surface area contributed by atoms with Crippen molar-refractivity contribution in [3.63, 3.8) is 0 Å². The molecule has 0 spiro atoms. The summed E-state index contributed by atoms with van der Waals surface area (Å²) in [6.07, 6.45) is 0. The van der Waals surface area contributed by atoms with E-state index in [2.05, 4.69) is 9.82 Å². The molecule has 5 nitrogen and oxygen atoms in total. The van der Waals surface area contributed by atoms with Crippen LogP contribution in [0.3, 0.4) is 0 Å². The first-order valence-electron chi connectivity index (χ1n) is 9.26. The van der Waals surface area contributed by atoms with Crippen molar-refractivity contribution in [3.8, 4) is 16.8 Å². The minimum atomic E-state index is -3.79. The second kappa shape index (κ2) is 7.56. The molecule has 0 aliphatic heterocycles. The third kappa shape index (κ3) is 3.79. The van der Waals surface area contributed by atoms with Crippen LogP contribution in [-0.4, -0.2) is 18.2 Å². The first-order valence-corrected chi connectivity index (χ1v) is 10.7. The normalized spacial score (nSPS) is 11.4. The molecular weight excluding hydrogens is 382 g/mol. The summed E-state index contributed by atoms with van der Waals surface area (Å²) in [7, 11) is -3.79. The van der Waals surface area contributed by atoms with Gasteiger partial charge in [-0.2, -0.15) is 5.10 Å². The molecule has 0 saturated heterocycles. The van der Waals surface area contributed by atoms with Crippen molar-refractivity contribution >= 4 is 15.8 Å². The average Bonchev–Trinajstić information content (AvgIpc) is 3.05. The van der Waals surface area contributed by atoms with Crippen molar-refractivity contribution in [2.75, 3.05) is 4.72 Å². The van der Waals surface area contributed by atoms with E-state index in [1.54, 1.807) is 28.9 Å². The largest absolute Gasteiger partial charge is 0.263 e. The van der Waals surface area contributed by atoms with Crippen molar-refractivity contribution in [2.24, 2.45) is 0 Å². The van der Waals surface area contributed by atoms with E-state index in [-0.39, 0.29) is 4.90 Å². The lowest BCUT2D eigenvalue weighted by molar-refractivity contribution is 0.600. The van der Waals surface area contributed by atoms with Crippen LogP contribution in [0.25, 0.3) is 16.8 Å². The maximum absolute atomic E-state index is 13.1. The maximum atomic E-state index is 13.1. The number of nitrogens with one attached hydrogen (secondary N) is 1. The Kier molecular flexibility index (Phi) is 4.94. The molecule has 0 aliphatic carbocycles. The number of aryl methyl sites for hydroxylation is 2. The number of rotatable bonds is 5. The van der Waals surface area contributed by atoms with Crippen LogP contribution < -0.4 is 4.72 Å². The van der Waals surface area contributed by atoms with Gasteiger partial charge >= 0.3 is 0 Å². The van der Waals surface area contributed by atoms with Gasteiger partial charge < -0.3 is 0 Å². The molecule has 4 rings (SSSR count). The SMILES string of the molecule is Cc1ccc(S(=O)(=O)Nc2c(-c3ccccc3)c(C)nn2-c2ccccc2)cc1. The Bertz CT molecular complexity index is 1230. The van der Waals surface area contributed by atoms with Gasteiger partial charge in [0, 0.05) is 5.56 Å². The summed E-state index contributed by atoms with van der Waals surface area (Å²) >= 11 is 0. The van der Waals surface area contributed by atoms with Gasteiger partial charge in [-0.1, -0.05) is 66.2 Å². The summed E-state index contributed by atoms with van der Waals surface area (Å²) < 4.78 is 30.7. The summed E-state index contributed by atoms with van der Waals surface area (Å²) in [6, 6.07) is 25.9. The monoisotopic (exact) mass is 403 g/mol. The number of benzene rings is 3. The van der Waals surface area contributed by atoms with Gasteiger partial charge in [0.2, 0.25) is 0 Å². The quantitative estimate of drug-likeness (QED) is 0.512. The molecule has 1 aromatic heterocycles. The Labute approximate surface area is 170 Å². The first-order chi connectivity index (χ1) is 14.0. The minimum absolute atomic E-state index is 0.209. The number of anilines is 1. The molecular formula is C23H21N3O2S. The molecule has 0 unspecified atom stereocenters. The van der Waals surface area contributed by atoms with E-state index in [0.29, 0.717) is 5.82 Å². The van der Waals surface area contributed by atoms with Crippen LogP contribution in [0.4, 0.5) is 5.82 Å². The molecule has 6 heteroatoms. The number of nitrogens with zero attached hydrogens (tertiary/aromatic N) is 2. The number of aromatic nitrogens is 2. The number of para-hydroxylation sites is 1. The molecule has 4 aromatic rings. The smallest absolute Gasteiger partial charge is 0.263 e. The van der Waals surface area contributed by atoms with Gasteiger partial charge in [0.25, 0.3) is 10.0 Å². The topological polar surface area (TPSA) is 64.0 Å². The molecule has 1 heterocycles. The van der Waals surface area contributed by atoms with E-state index >= 15 is 0 Å². The third-order valence-corrected chi connectivity index (χ3v) is 6.04. The fraction of sp³-hybridized carbons (Fsp3) is 0.0870. The van der Waals surface area contributed by atoms with Crippen molar-refractivity contribution in [2.45, 2.75) is 18.7 Å². The molecule has 0 radical (unpaired) electrons. The molecule has 0 saturated carbocycles. The molecule has 29 heavy (non-hydrogen) atoms. The van der Waals surface area contributed by atoms with Crippen molar-refractivity contribution < 1.29 is 8.42 Å². The van der Waals surface area contributed by atoms with E-state index in [4.69, 9.17) is 0 Å². The summed E-state index contributed by atoms with van der Waals surface area (Å²) in [6.45, 7) is 3.80. The highest BCUT2D eigenvalue weighted by Crippen LogP contribution is 2.34. The van der Waals surface area contributed by atoms with Crippen LogP contribution in [0.2, 0.25) is 0 Å². The first kappa shape index (κ1) is 19.0. The van der Waals surface area contributed by atoms with Crippen LogP contribution in [0.5, 0.6) is 0 Å². The molecule has 146 valence electrons. The van der Waals surface area contributed by atoms with Gasteiger partial charge in [0.1, 0.15) is 0 Å². The van der Waals surface area contributed by atoms with Crippen molar-refractivity contribution in [1.29, 1.82) is 0 Å². The van der Waals surface area contributed by atoms with Gasteiger partial charge in [0.15, 0.2) is 5.82 Å². The number of hydrogen-bond acceptors (Lipinski definition) is 3. The predicted octanol–water partition coefficient (Wildman–Crippen LogP) is 4.96. The molecule has 0 atom stereocenters. The summed E-state index contributed by atoms with van der Waals surface area (Å²) in [5.41, 5.74) is 4.17. The van der Waals surface area contributed by atoms with Crippen LogP contribution in [0, 0.1) is 13.8 Å². The van der Waals surface area contributed by atoms with Gasteiger partial charge in [-0.15, -0.1) is 0 Å². The van der Waals surface area contributed by atoms with Gasteiger partial charge in [-0.3, -0.25) is 4.72 Å². The van der Waals surface area contributed by atoms with E-state index in [1.807, 2.05) is 74.5 Å². The van der Waals surface area contributed by atoms with E-state index in [0.717, 1.165) is 28.1 Å². The lowest BCUT2D eigenvalue weighted by Crippen LogP contribution is -2.16. The standard InChI is InChI=1S/C23H21N3O2S/c1-17-13-15-21(16-14-17)29(27,28)25-23-22(19-9-5-3-6-10-19)18(2)24-26(23)20-11-7-4-8-12-20/h3-16,25H,1-2H3. The Morgan fingerprint density at radius 2 is 1.38 bits per heavy atom. The molecule has 0 fully saturated rings. The van der Waals surface area contributed by atoms with Crippen LogP contribution in [-0.2, 0) is 10.0 Å². The zero-order valence-electron chi connectivity index (χ0n) is 16.2. The van der Waals surface area contributed by atoms with Gasteiger partial charge in [-0.25, -0.2) is 13.1 Å². The fourth-order valence-corrected chi connectivity index (χ4v) is 4.29. The van der Waals surface area contributed by atoms with Crippen molar-refractivity contribution in [3.05, 3.63) is 96.2 Å². The highest BCUT2D eigenvalue weighted by Gasteiger charge is 2.23. The van der Waals surface area contributed by atoms with E-state index < -0.39 is 10.0 Å². The predicted molar refractivity (Wildman–Crippen MR) is 116 cm³/mol. The zero-order chi connectivity index (χ0) is 20.4. The Balaban J connectivity index is 1.89. The Hall–Kier alpha value is -3.38. The molecule has 3 aromatic carbocycles. The maximum Gasteiger partial charge on any atom is 0.263 e. The minimum Gasteiger partial charge on any atom is -0.263 e. The molecule has 0 aliphatic rings. The molecule has 0 bridgehead atoms. The van der Waals surface area contributed by atoms with Crippen LogP contribution in [0.1, 0.15) is 11.3 Å². The van der Waals surface area contributed by atoms with E-state index in [1.165, 1.54) is 0 Å². The Morgan fingerprint density at radius 3 is 2.00 bits per heavy atom. The van der Waals surface area contributed by atoms with Gasteiger partial charge in [0.05, 0.1) is 16.3 Å². The summed E-state index contributed by atoms with van der Waals surface area (Å²) in [5, 5.41) is 4.64. The average molecular weight is 404 g/mol. The summed E-state index contributed by atoms with van der Waals surface area (Å²) in [4.78, 5) is 0.209. The lowest BCUT2D eigenvalue weighted by Gasteiger charge is -2.13. The number of sulfonamides is 1. The highest BCUT2D eigenvalue weighted by atomic mass is 32.2. The Morgan fingerprint density at radius 1 is 0.793 bits per heavy atom. The third-order valence-electron chi connectivity index (χ3n) is 4.69. The number of hydrogen-bond donors (Lipinski definition) is 1. The molecule has 0 amide bonds. The van der Waals surface area contributed by atoms with Crippen LogP contribution >= 0.6 is 0 Å². The lowest BCUT2D eigenvalue weighted by atomic mass is 10.1. The second-order valence-electron chi connectivity index (χ2n) is 6.84.